The van der Waals surface area contributed by atoms with Gasteiger partial charge in [0.1, 0.15) is 0 Å². The Balaban J connectivity index is 1.54. The minimum absolute atomic E-state index is 0.111. The number of fused-ring (bicyclic) bond motifs is 1. The van der Waals surface area contributed by atoms with Crippen molar-refractivity contribution in [2.24, 2.45) is 5.92 Å². The van der Waals surface area contributed by atoms with E-state index < -0.39 is 0 Å². The van der Waals surface area contributed by atoms with Crippen LogP contribution in [-0.4, -0.2) is 34.9 Å². The molecule has 1 aliphatic carbocycles. The molecule has 2 heterocycles. The lowest BCUT2D eigenvalue weighted by atomic mass is 10.0. The van der Waals surface area contributed by atoms with E-state index in [9.17, 15) is 4.79 Å². The van der Waals surface area contributed by atoms with Crippen molar-refractivity contribution in [3.8, 4) is 0 Å². The predicted octanol–water partition coefficient (Wildman–Crippen LogP) is 2.31. The van der Waals surface area contributed by atoms with Crippen LogP contribution in [0.25, 0.3) is 0 Å². The molecule has 0 saturated carbocycles. The Morgan fingerprint density at radius 3 is 2.81 bits per heavy atom. The summed E-state index contributed by atoms with van der Waals surface area (Å²) in [5.74, 6) is 0.404. The number of likely N-dealkylation sites (tertiary alicyclic amines) is 1. The highest BCUT2D eigenvalue weighted by molar-refractivity contribution is 5.78. The van der Waals surface area contributed by atoms with E-state index in [0.29, 0.717) is 18.0 Å². The van der Waals surface area contributed by atoms with E-state index in [4.69, 9.17) is 0 Å². The van der Waals surface area contributed by atoms with Gasteiger partial charge in [0.15, 0.2) is 0 Å². The SMILES string of the molecule is CC(C)C(=O)N1CCC(NC2CCc3cccnc32)CC1. The molecule has 4 nitrogen and oxygen atoms in total. The molecule has 1 fully saturated rings. The van der Waals surface area contributed by atoms with Crippen LogP contribution in [0.1, 0.15) is 50.4 Å². The number of pyridine rings is 1. The van der Waals surface area contributed by atoms with Gasteiger partial charge in [-0.1, -0.05) is 19.9 Å². The first-order valence-electron chi connectivity index (χ1n) is 8.14. The van der Waals surface area contributed by atoms with Crippen molar-refractivity contribution in [2.75, 3.05) is 13.1 Å². The lowest BCUT2D eigenvalue weighted by Crippen LogP contribution is -2.46. The molecule has 4 heteroatoms. The number of rotatable bonds is 3. The van der Waals surface area contributed by atoms with Crippen molar-refractivity contribution < 1.29 is 4.79 Å². The zero-order valence-corrected chi connectivity index (χ0v) is 13.0. The van der Waals surface area contributed by atoms with E-state index >= 15 is 0 Å². The maximum Gasteiger partial charge on any atom is 0.225 e. The highest BCUT2D eigenvalue weighted by Crippen LogP contribution is 2.30. The molecule has 1 atom stereocenters. The second kappa shape index (κ2) is 6.14. The molecule has 1 aliphatic heterocycles. The number of nitrogens with one attached hydrogen (secondary N) is 1. The van der Waals surface area contributed by atoms with Gasteiger partial charge in [-0.15, -0.1) is 0 Å². The molecule has 2 aliphatic rings. The molecule has 1 unspecified atom stereocenters. The molecule has 1 saturated heterocycles. The normalized spacial score (nSPS) is 22.6. The van der Waals surface area contributed by atoms with E-state index in [2.05, 4.69) is 16.4 Å². The first-order valence-corrected chi connectivity index (χ1v) is 8.14. The summed E-state index contributed by atoms with van der Waals surface area (Å²) >= 11 is 0. The quantitative estimate of drug-likeness (QED) is 0.928. The second-order valence-electron chi connectivity index (χ2n) is 6.56. The number of piperidine rings is 1. The summed E-state index contributed by atoms with van der Waals surface area (Å²) in [4.78, 5) is 18.6. The van der Waals surface area contributed by atoms with E-state index in [1.807, 2.05) is 31.0 Å². The Morgan fingerprint density at radius 2 is 2.10 bits per heavy atom. The fraction of sp³-hybridized carbons (Fsp3) is 0.647. The molecular weight excluding hydrogens is 262 g/mol. The van der Waals surface area contributed by atoms with Gasteiger partial charge in [-0.2, -0.15) is 0 Å². The first kappa shape index (κ1) is 14.5. The van der Waals surface area contributed by atoms with Crippen LogP contribution < -0.4 is 5.32 Å². The molecule has 21 heavy (non-hydrogen) atoms. The zero-order chi connectivity index (χ0) is 14.8. The van der Waals surface area contributed by atoms with Gasteiger partial charge >= 0.3 is 0 Å². The summed E-state index contributed by atoms with van der Waals surface area (Å²) in [7, 11) is 0. The maximum atomic E-state index is 12.0. The third-order valence-electron chi connectivity index (χ3n) is 4.70. The monoisotopic (exact) mass is 287 g/mol. The molecular formula is C17H25N3O. The van der Waals surface area contributed by atoms with E-state index in [0.717, 1.165) is 38.8 Å². The highest BCUT2D eigenvalue weighted by Gasteiger charge is 2.29. The third-order valence-corrected chi connectivity index (χ3v) is 4.70. The molecule has 1 amide bonds. The zero-order valence-electron chi connectivity index (χ0n) is 13.0. The van der Waals surface area contributed by atoms with Crippen LogP contribution >= 0.6 is 0 Å². The Labute approximate surface area is 126 Å². The summed E-state index contributed by atoms with van der Waals surface area (Å²) in [6.45, 7) is 5.73. The van der Waals surface area contributed by atoms with Crippen molar-refractivity contribution in [1.82, 2.24) is 15.2 Å². The van der Waals surface area contributed by atoms with Crippen LogP contribution in [-0.2, 0) is 11.2 Å². The van der Waals surface area contributed by atoms with Gasteiger partial charge in [0.25, 0.3) is 0 Å². The van der Waals surface area contributed by atoms with Gasteiger partial charge in [-0.05, 0) is 37.3 Å². The minimum atomic E-state index is 0.111. The Bertz CT molecular complexity index is 507. The molecule has 0 spiro atoms. The van der Waals surface area contributed by atoms with Crippen LogP contribution in [0.5, 0.6) is 0 Å². The van der Waals surface area contributed by atoms with Crippen LogP contribution in [0.15, 0.2) is 18.3 Å². The summed E-state index contributed by atoms with van der Waals surface area (Å²) in [5, 5.41) is 3.76. The number of aromatic nitrogens is 1. The van der Waals surface area contributed by atoms with Gasteiger partial charge in [0.2, 0.25) is 5.91 Å². The number of carbonyl (C=O) groups is 1. The molecule has 114 valence electrons. The van der Waals surface area contributed by atoms with E-state index in [1.54, 1.807) is 0 Å². The van der Waals surface area contributed by atoms with E-state index in [1.165, 1.54) is 11.3 Å². The number of nitrogens with zero attached hydrogens (tertiary/aromatic N) is 2. The molecule has 1 N–H and O–H groups in total. The van der Waals surface area contributed by atoms with Crippen LogP contribution in [0.4, 0.5) is 0 Å². The maximum absolute atomic E-state index is 12.0. The molecule has 1 aromatic rings. The molecule has 0 bridgehead atoms. The van der Waals surface area contributed by atoms with Crippen LogP contribution in [0.3, 0.4) is 0 Å². The predicted molar refractivity (Wildman–Crippen MR) is 82.9 cm³/mol. The summed E-state index contributed by atoms with van der Waals surface area (Å²) in [6, 6.07) is 5.13. The van der Waals surface area contributed by atoms with Crippen molar-refractivity contribution in [2.45, 2.75) is 51.6 Å². The summed E-state index contributed by atoms with van der Waals surface area (Å²) < 4.78 is 0. The smallest absolute Gasteiger partial charge is 0.225 e. The fourth-order valence-electron chi connectivity index (χ4n) is 3.49. The average Bonchev–Trinajstić information content (AvgIpc) is 2.91. The van der Waals surface area contributed by atoms with Crippen molar-refractivity contribution in [3.05, 3.63) is 29.6 Å². The average molecular weight is 287 g/mol. The van der Waals surface area contributed by atoms with Gasteiger partial charge in [0, 0.05) is 31.2 Å². The Kier molecular flexibility index (Phi) is 4.24. The number of aryl methyl sites for hydroxylation is 1. The number of amides is 1. The Hall–Kier alpha value is -1.42. The standard InChI is InChI=1S/C17H25N3O/c1-12(2)17(21)20-10-7-14(8-11-20)19-15-6-5-13-4-3-9-18-16(13)15/h3-4,9,12,14-15,19H,5-8,10-11H2,1-2H3. The lowest BCUT2D eigenvalue weighted by molar-refractivity contribution is -0.135. The van der Waals surface area contributed by atoms with Gasteiger partial charge in [-0.3, -0.25) is 9.78 Å². The van der Waals surface area contributed by atoms with Crippen molar-refractivity contribution in [1.29, 1.82) is 0 Å². The lowest BCUT2D eigenvalue weighted by Gasteiger charge is -2.34. The highest BCUT2D eigenvalue weighted by atomic mass is 16.2. The van der Waals surface area contributed by atoms with Crippen LogP contribution in [0, 0.1) is 5.92 Å². The van der Waals surface area contributed by atoms with Crippen LogP contribution in [0.2, 0.25) is 0 Å². The third kappa shape index (κ3) is 3.10. The molecule has 0 radical (unpaired) electrons. The fourth-order valence-corrected chi connectivity index (χ4v) is 3.49. The van der Waals surface area contributed by atoms with Gasteiger partial charge in [0.05, 0.1) is 11.7 Å². The Morgan fingerprint density at radius 1 is 1.33 bits per heavy atom. The first-order chi connectivity index (χ1) is 10.1. The van der Waals surface area contributed by atoms with Crippen molar-refractivity contribution in [3.63, 3.8) is 0 Å². The van der Waals surface area contributed by atoms with E-state index in [-0.39, 0.29) is 5.92 Å². The molecule has 3 rings (SSSR count). The van der Waals surface area contributed by atoms with Crippen molar-refractivity contribution >= 4 is 5.91 Å². The minimum Gasteiger partial charge on any atom is -0.342 e. The largest absolute Gasteiger partial charge is 0.342 e. The number of hydrogen-bond donors (Lipinski definition) is 1. The topological polar surface area (TPSA) is 45.2 Å². The summed E-state index contributed by atoms with van der Waals surface area (Å²) in [6.07, 6.45) is 6.28. The van der Waals surface area contributed by atoms with Gasteiger partial charge < -0.3 is 10.2 Å². The second-order valence-corrected chi connectivity index (χ2v) is 6.56. The summed E-state index contributed by atoms with van der Waals surface area (Å²) in [5.41, 5.74) is 2.63. The number of carbonyl (C=O) groups excluding carboxylic acids is 1. The van der Waals surface area contributed by atoms with Gasteiger partial charge in [-0.25, -0.2) is 0 Å². The molecule has 0 aromatic carbocycles. The molecule has 1 aromatic heterocycles. The number of hydrogen-bond acceptors (Lipinski definition) is 3.